The zero-order valence-corrected chi connectivity index (χ0v) is 16.0. The summed E-state index contributed by atoms with van der Waals surface area (Å²) in [6.07, 6.45) is -15.3. The van der Waals surface area contributed by atoms with Crippen molar-refractivity contribution in [2.45, 2.75) is 78.3 Å². The third-order valence-electron chi connectivity index (χ3n) is 2.07. The molecular weight excluding hydrogens is 374 g/mol. The van der Waals surface area contributed by atoms with Crippen LogP contribution >= 0.6 is 0 Å². The second-order valence-electron chi connectivity index (χ2n) is 5.79. The molecule has 0 radical (unpaired) electrons. The molecule has 0 spiro atoms. The molecule has 0 fully saturated rings. The Bertz CT molecular complexity index is 342. The molecule has 152 valence electrons. The summed E-state index contributed by atoms with van der Waals surface area (Å²) < 4.78 is 83.2. The van der Waals surface area contributed by atoms with E-state index in [2.05, 4.69) is 6.58 Å². The van der Waals surface area contributed by atoms with Crippen LogP contribution in [-0.2, 0) is 13.3 Å². The highest BCUT2D eigenvalue weighted by Crippen LogP contribution is 2.32. The van der Waals surface area contributed by atoms with Crippen molar-refractivity contribution >= 4 is 8.80 Å². The summed E-state index contributed by atoms with van der Waals surface area (Å²) in [7, 11) is -2.69. The topological polar surface area (TPSA) is 47.9 Å². The van der Waals surface area contributed by atoms with Crippen LogP contribution in [0.1, 0.15) is 41.5 Å². The highest BCUT2D eigenvalue weighted by molar-refractivity contribution is 6.66. The molecule has 0 aromatic rings. The third-order valence-corrected chi connectivity index (χ3v) is 4.97. The van der Waals surface area contributed by atoms with E-state index in [1.807, 2.05) is 41.5 Å². The lowest BCUT2D eigenvalue weighted by molar-refractivity contribution is -0.308. The van der Waals surface area contributed by atoms with Crippen molar-refractivity contribution in [3.05, 3.63) is 12.3 Å². The molecule has 0 unspecified atom stereocenters. The average Bonchev–Trinajstić information content (AvgIpc) is 2.33. The molecule has 0 amide bonds. The first-order valence-corrected chi connectivity index (χ1v) is 9.25. The van der Waals surface area contributed by atoms with Gasteiger partial charge in [0, 0.05) is 18.3 Å². The molecule has 0 saturated carbocycles. The van der Waals surface area contributed by atoms with Crippen LogP contribution in [0.25, 0.3) is 0 Å². The van der Waals surface area contributed by atoms with Crippen molar-refractivity contribution < 1.29 is 44.7 Å². The number of alkyl halides is 6. The van der Waals surface area contributed by atoms with Crippen LogP contribution in [0.15, 0.2) is 12.3 Å². The fraction of sp³-hybridized carbons (Fsp3) is 0.857. The molecule has 0 aliphatic rings. The summed E-state index contributed by atoms with van der Waals surface area (Å²) in [6.45, 7) is 15.6. The lowest BCUT2D eigenvalue weighted by Crippen LogP contribution is -2.49. The Morgan fingerprint density at radius 1 is 0.760 bits per heavy atom. The van der Waals surface area contributed by atoms with Crippen LogP contribution in [0.5, 0.6) is 0 Å². The van der Waals surface area contributed by atoms with E-state index in [4.69, 9.17) is 18.4 Å². The smallest absolute Gasteiger partial charge is 0.377 e. The van der Waals surface area contributed by atoms with E-state index in [-0.39, 0.29) is 18.3 Å². The number of hydrogen-bond donors (Lipinski definition) is 1. The van der Waals surface area contributed by atoms with Gasteiger partial charge in [-0.3, -0.25) is 0 Å². The molecule has 0 saturated heterocycles. The normalized spacial score (nSPS) is 13.5. The lowest BCUT2D eigenvalue weighted by atomic mass is 10.3. The van der Waals surface area contributed by atoms with Crippen LogP contribution in [0.2, 0.25) is 0 Å². The van der Waals surface area contributed by atoms with Gasteiger partial charge in [-0.05, 0) is 47.2 Å². The van der Waals surface area contributed by atoms with Gasteiger partial charge in [0.1, 0.15) is 0 Å². The predicted molar refractivity (Wildman–Crippen MR) is 82.7 cm³/mol. The molecule has 0 aromatic heterocycles. The maximum Gasteiger partial charge on any atom is 0.529 e. The van der Waals surface area contributed by atoms with Gasteiger partial charge in [-0.15, -0.1) is 0 Å². The Morgan fingerprint density at radius 3 is 1.08 bits per heavy atom. The van der Waals surface area contributed by atoms with Gasteiger partial charge in [0.15, 0.2) is 0 Å². The monoisotopic (exact) mass is 400 g/mol. The van der Waals surface area contributed by atoms with Gasteiger partial charge in [0.25, 0.3) is 0 Å². The first-order chi connectivity index (χ1) is 11.0. The largest absolute Gasteiger partial charge is 0.529 e. The van der Waals surface area contributed by atoms with Gasteiger partial charge < -0.3 is 18.4 Å². The summed E-state index contributed by atoms with van der Waals surface area (Å²) in [4.78, 5) is 0. The molecule has 4 nitrogen and oxygen atoms in total. The molecule has 0 rings (SSSR count). The molecule has 0 aromatic carbocycles. The molecule has 0 aliphatic carbocycles. The molecule has 0 aliphatic heterocycles. The Morgan fingerprint density at radius 2 is 1.00 bits per heavy atom. The van der Waals surface area contributed by atoms with Crippen molar-refractivity contribution in [2.24, 2.45) is 0 Å². The van der Waals surface area contributed by atoms with E-state index < -0.39 is 27.3 Å². The first-order valence-electron chi connectivity index (χ1n) is 7.45. The van der Waals surface area contributed by atoms with Gasteiger partial charge in [-0.1, -0.05) is 6.58 Å². The summed E-state index contributed by atoms with van der Waals surface area (Å²) >= 11 is 0. The minimum absolute atomic E-state index is 0.0761. The van der Waals surface area contributed by atoms with Crippen molar-refractivity contribution in [1.82, 2.24) is 0 Å². The number of aliphatic hydroxyl groups excluding tert-OH is 1. The zero-order valence-electron chi connectivity index (χ0n) is 15.0. The summed E-state index contributed by atoms with van der Waals surface area (Å²) in [6, 6.07) is 0. The lowest BCUT2D eigenvalue weighted by Gasteiger charge is -2.31. The fourth-order valence-corrected chi connectivity index (χ4v) is 3.83. The van der Waals surface area contributed by atoms with Crippen LogP contribution in [0, 0.1) is 0 Å². The maximum absolute atomic E-state index is 11.0. The van der Waals surface area contributed by atoms with E-state index in [1.54, 1.807) is 5.70 Å². The summed E-state index contributed by atoms with van der Waals surface area (Å²) in [5.74, 6) is 0. The molecule has 25 heavy (non-hydrogen) atoms. The van der Waals surface area contributed by atoms with Gasteiger partial charge in [-0.25, -0.2) is 0 Å². The summed E-state index contributed by atoms with van der Waals surface area (Å²) in [5.41, 5.74) is 1.70. The van der Waals surface area contributed by atoms with E-state index in [0.717, 1.165) is 0 Å². The van der Waals surface area contributed by atoms with Gasteiger partial charge in [0.05, 0.1) is 0 Å². The quantitative estimate of drug-likeness (QED) is 0.508. The standard InChI is InChI=1S/C11H24O3Si.C3H2F6O/c1-8-15(12-9(2)3,13-10(4)5)14-11(6)7;4-2(5,6)1(10)3(7,8)9/h8-11H,1H2,2-7H3;1,10H. The Hall–Kier alpha value is -0.623. The van der Waals surface area contributed by atoms with Gasteiger partial charge in [0.2, 0.25) is 6.10 Å². The molecule has 0 heterocycles. The summed E-state index contributed by atoms with van der Waals surface area (Å²) in [5, 5.41) is 7.47. The number of rotatable bonds is 7. The number of hydrogen-bond acceptors (Lipinski definition) is 4. The van der Waals surface area contributed by atoms with Gasteiger partial charge >= 0.3 is 21.2 Å². The van der Waals surface area contributed by atoms with Crippen LogP contribution in [0.3, 0.4) is 0 Å². The van der Waals surface area contributed by atoms with E-state index >= 15 is 0 Å². The Labute approximate surface area is 145 Å². The van der Waals surface area contributed by atoms with E-state index in [0.29, 0.717) is 0 Å². The highest BCUT2D eigenvalue weighted by Gasteiger charge is 2.55. The number of halogens is 6. The van der Waals surface area contributed by atoms with E-state index in [9.17, 15) is 26.3 Å². The molecule has 11 heteroatoms. The minimum Gasteiger partial charge on any atom is -0.377 e. The average molecular weight is 400 g/mol. The first kappa shape index (κ1) is 26.6. The van der Waals surface area contributed by atoms with Crippen molar-refractivity contribution in [3.8, 4) is 0 Å². The highest BCUT2D eigenvalue weighted by atomic mass is 28.4. The Balaban J connectivity index is 0. The van der Waals surface area contributed by atoms with Crippen molar-refractivity contribution in [1.29, 1.82) is 0 Å². The second kappa shape index (κ2) is 10.5. The Kier molecular flexibility index (Phi) is 11.2. The zero-order chi connectivity index (χ0) is 20.6. The predicted octanol–water partition coefficient (Wildman–Crippen LogP) is 4.40. The van der Waals surface area contributed by atoms with Crippen LogP contribution in [-0.4, -0.2) is 50.7 Å². The van der Waals surface area contributed by atoms with E-state index in [1.165, 1.54) is 0 Å². The van der Waals surface area contributed by atoms with Crippen LogP contribution in [0.4, 0.5) is 26.3 Å². The molecular formula is C14H26F6O4Si. The third kappa shape index (κ3) is 12.4. The SMILES string of the molecule is C=C[Si](OC(C)C)(OC(C)C)OC(C)C.OC(C(F)(F)F)C(F)(F)F. The minimum atomic E-state index is -5.63. The number of aliphatic hydroxyl groups is 1. The van der Waals surface area contributed by atoms with Crippen molar-refractivity contribution in [2.75, 3.05) is 0 Å². The fourth-order valence-electron chi connectivity index (χ4n) is 1.40. The molecule has 0 atom stereocenters. The molecule has 0 bridgehead atoms. The van der Waals surface area contributed by atoms with Crippen LogP contribution < -0.4 is 0 Å². The van der Waals surface area contributed by atoms with Crippen molar-refractivity contribution in [3.63, 3.8) is 0 Å². The van der Waals surface area contributed by atoms with Gasteiger partial charge in [-0.2, -0.15) is 26.3 Å². The molecule has 1 N–H and O–H groups in total. The second-order valence-corrected chi connectivity index (χ2v) is 8.12. The maximum atomic E-state index is 11.0.